The van der Waals surface area contributed by atoms with Gasteiger partial charge < -0.3 is 10.2 Å². The van der Waals surface area contributed by atoms with E-state index in [0.717, 1.165) is 11.1 Å². The quantitative estimate of drug-likeness (QED) is 0.656. The molecule has 4 nitrogen and oxygen atoms in total. The van der Waals surface area contributed by atoms with Crippen molar-refractivity contribution in [2.75, 3.05) is 12.3 Å². The van der Waals surface area contributed by atoms with Gasteiger partial charge in [-0.15, -0.1) is 11.8 Å². The van der Waals surface area contributed by atoms with Crippen molar-refractivity contribution in [3.63, 3.8) is 0 Å². The molecule has 1 N–H and O–H groups in total. The SMILES string of the molecule is CCNC(=O)[C@@H](C)N(Cc1ccc(F)cc1)C(=O)CSCc1cccc(Cl)c1. The molecule has 0 aliphatic heterocycles. The number of nitrogens with one attached hydrogen (secondary N) is 1. The molecule has 2 amide bonds. The van der Waals surface area contributed by atoms with Crippen LogP contribution in [0.15, 0.2) is 48.5 Å². The molecule has 150 valence electrons. The second-order valence-electron chi connectivity index (χ2n) is 6.34. The van der Waals surface area contributed by atoms with Gasteiger partial charge in [-0.25, -0.2) is 4.39 Å². The summed E-state index contributed by atoms with van der Waals surface area (Å²) >= 11 is 7.45. The summed E-state index contributed by atoms with van der Waals surface area (Å²) in [5, 5.41) is 3.41. The molecule has 0 spiro atoms. The third kappa shape index (κ3) is 6.84. The molecule has 2 rings (SSSR count). The number of likely N-dealkylation sites (N-methyl/N-ethyl adjacent to an activating group) is 1. The number of amides is 2. The van der Waals surface area contributed by atoms with Crippen LogP contribution in [0.3, 0.4) is 0 Å². The molecular weight excluding hydrogens is 399 g/mol. The number of hydrogen-bond acceptors (Lipinski definition) is 3. The number of benzene rings is 2. The van der Waals surface area contributed by atoms with Crippen molar-refractivity contribution < 1.29 is 14.0 Å². The lowest BCUT2D eigenvalue weighted by molar-refractivity contribution is -0.138. The molecular formula is C21H24ClFN2O2S. The Hall–Kier alpha value is -2.05. The zero-order valence-corrected chi connectivity index (χ0v) is 17.5. The minimum Gasteiger partial charge on any atom is -0.355 e. The third-order valence-electron chi connectivity index (χ3n) is 4.17. The summed E-state index contributed by atoms with van der Waals surface area (Å²) in [7, 11) is 0. The first-order valence-corrected chi connectivity index (χ1v) is 10.6. The summed E-state index contributed by atoms with van der Waals surface area (Å²) in [6.45, 7) is 4.27. The molecule has 0 saturated heterocycles. The Bertz CT molecular complexity index is 801. The minimum atomic E-state index is -0.621. The first-order valence-electron chi connectivity index (χ1n) is 9.04. The lowest BCUT2D eigenvalue weighted by Crippen LogP contribution is -2.48. The topological polar surface area (TPSA) is 49.4 Å². The van der Waals surface area contributed by atoms with Crippen LogP contribution >= 0.6 is 23.4 Å². The van der Waals surface area contributed by atoms with Crippen molar-refractivity contribution in [2.24, 2.45) is 0 Å². The first-order chi connectivity index (χ1) is 13.4. The fourth-order valence-electron chi connectivity index (χ4n) is 2.66. The van der Waals surface area contributed by atoms with Crippen molar-refractivity contribution in [3.05, 3.63) is 70.5 Å². The van der Waals surface area contributed by atoms with E-state index in [1.807, 2.05) is 25.1 Å². The number of nitrogens with zero attached hydrogens (tertiary/aromatic N) is 1. The lowest BCUT2D eigenvalue weighted by Gasteiger charge is -2.28. The molecule has 0 bridgehead atoms. The Morgan fingerprint density at radius 2 is 1.89 bits per heavy atom. The van der Waals surface area contributed by atoms with Gasteiger partial charge in [-0.3, -0.25) is 9.59 Å². The van der Waals surface area contributed by atoms with Gasteiger partial charge in [0.15, 0.2) is 0 Å². The van der Waals surface area contributed by atoms with Crippen LogP contribution in [0.5, 0.6) is 0 Å². The molecule has 2 aromatic rings. The van der Waals surface area contributed by atoms with E-state index in [4.69, 9.17) is 11.6 Å². The molecule has 7 heteroatoms. The monoisotopic (exact) mass is 422 g/mol. The number of rotatable bonds is 9. The van der Waals surface area contributed by atoms with E-state index in [0.29, 0.717) is 17.3 Å². The Balaban J connectivity index is 2.04. The molecule has 28 heavy (non-hydrogen) atoms. The normalized spacial score (nSPS) is 11.7. The molecule has 0 unspecified atom stereocenters. The highest BCUT2D eigenvalue weighted by atomic mass is 35.5. The van der Waals surface area contributed by atoms with E-state index in [2.05, 4.69) is 5.32 Å². The lowest BCUT2D eigenvalue weighted by atomic mass is 10.1. The molecule has 0 aliphatic carbocycles. The molecule has 1 atom stereocenters. The third-order valence-corrected chi connectivity index (χ3v) is 5.39. The molecule has 0 radical (unpaired) electrons. The van der Waals surface area contributed by atoms with Gasteiger partial charge >= 0.3 is 0 Å². The van der Waals surface area contributed by atoms with Gasteiger partial charge in [0.05, 0.1) is 5.75 Å². The summed E-state index contributed by atoms with van der Waals surface area (Å²) < 4.78 is 13.2. The standard InChI is InChI=1S/C21H24ClFN2O2S/c1-3-24-21(27)15(2)25(12-16-7-9-19(23)10-8-16)20(26)14-28-13-17-5-4-6-18(22)11-17/h4-11,15H,3,12-14H2,1-2H3,(H,24,27)/t15-/m1/s1. The molecule has 0 aromatic heterocycles. The molecule has 0 fully saturated rings. The number of carbonyl (C=O) groups excluding carboxylic acids is 2. The van der Waals surface area contributed by atoms with Gasteiger partial charge in [-0.05, 0) is 49.2 Å². The van der Waals surface area contributed by atoms with Crippen molar-refractivity contribution in [3.8, 4) is 0 Å². The van der Waals surface area contributed by atoms with Gasteiger partial charge in [-0.2, -0.15) is 0 Å². The highest BCUT2D eigenvalue weighted by Crippen LogP contribution is 2.18. The van der Waals surface area contributed by atoms with Crippen molar-refractivity contribution in [1.82, 2.24) is 10.2 Å². The average Bonchev–Trinajstić information content (AvgIpc) is 2.67. The van der Waals surface area contributed by atoms with E-state index in [1.165, 1.54) is 28.8 Å². The van der Waals surface area contributed by atoms with Crippen LogP contribution in [-0.2, 0) is 21.9 Å². The summed E-state index contributed by atoms with van der Waals surface area (Å²) in [6, 6.07) is 12.8. The Morgan fingerprint density at radius 1 is 1.18 bits per heavy atom. The van der Waals surface area contributed by atoms with Crippen molar-refractivity contribution in [1.29, 1.82) is 0 Å². The van der Waals surface area contributed by atoms with Gasteiger partial charge in [0, 0.05) is 23.9 Å². The highest BCUT2D eigenvalue weighted by Gasteiger charge is 2.25. The molecule has 0 aliphatic rings. The number of thioether (sulfide) groups is 1. The predicted octanol–water partition coefficient (Wildman–Crippen LogP) is 4.27. The largest absolute Gasteiger partial charge is 0.355 e. The van der Waals surface area contributed by atoms with Crippen LogP contribution < -0.4 is 5.32 Å². The zero-order valence-electron chi connectivity index (χ0n) is 16.0. The second kappa shape index (κ2) is 11.1. The maximum atomic E-state index is 13.2. The van der Waals surface area contributed by atoms with Gasteiger partial charge in [-0.1, -0.05) is 35.9 Å². The van der Waals surface area contributed by atoms with E-state index in [1.54, 1.807) is 25.1 Å². The van der Waals surface area contributed by atoms with Gasteiger partial charge in [0.25, 0.3) is 0 Å². The Kier molecular flexibility index (Phi) is 8.80. The fourth-order valence-corrected chi connectivity index (χ4v) is 3.73. The summed E-state index contributed by atoms with van der Waals surface area (Å²) in [5.74, 6) is 0.187. The van der Waals surface area contributed by atoms with Crippen LogP contribution in [0, 0.1) is 5.82 Å². The summed E-state index contributed by atoms with van der Waals surface area (Å²) in [4.78, 5) is 26.7. The fraction of sp³-hybridized carbons (Fsp3) is 0.333. The molecule has 0 saturated carbocycles. The van der Waals surface area contributed by atoms with Gasteiger partial charge in [0.1, 0.15) is 11.9 Å². The van der Waals surface area contributed by atoms with Crippen molar-refractivity contribution in [2.45, 2.75) is 32.2 Å². The van der Waals surface area contributed by atoms with Crippen LogP contribution in [0.4, 0.5) is 4.39 Å². The second-order valence-corrected chi connectivity index (χ2v) is 7.76. The van der Waals surface area contributed by atoms with Crippen molar-refractivity contribution >= 4 is 35.2 Å². The zero-order chi connectivity index (χ0) is 20.5. The van der Waals surface area contributed by atoms with E-state index < -0.39 is 6.04 Å². The number of hydrogen-bond donors (Lipinski definition) is 1. The van der Waals surface area contributed by atoms with Crippen LogP contribution in [0.2, 0.25) is 5.02 Å². The highest BCUT2D eigenvalue weighted by molar-refractivity contribution is 7.99. The average molecular weight is 423 g/mol. The Morgan fingerprint density at radius 3 is 2.54 bits per heavy atom. The number of halogens is 2. The van der Waals surface area contributed by atoms with Gasteiger partial charge in [0.2, 0.25) is 11.8 Å². The van der Waals surface area contributed by atoms with E-state index in [-0.39, 0.29) is 29.9 Å². The van der Waals surface area contributed by atoms with E-state index >= 15 is 0 Å². The molecule has 2 aromatic carbocycles. The van der Waals surface area contributed by atoms with Crippen LogP contribution in [0.1, 0.15) is 25.0 Å². The first kappa shape index (κ1) is 22.2. The maximum absolute atomic E-state index is 13.2. The maximum Gasteiger partial charge on any atom is 0.242 e. The Labute approximate surface area is 174 Å². The summed E-state index contributed by atoms with van der Waals surface area (Å²) in [5.41, 5.74) is 1.80. The summed E-state index contributed by atoms with van der Waals surface area (Å²) in [6.07, 6.45) is 0. The minimum absolute atomic E-state index is 0.143. The van der Waals surface area contributed by atoms with Crippen LogP contribution in [0.25, 0.3) is 0 Å². The van der Waals surface area contributed by atoms with E-state index in [9.17, 15) is 14.0 Å². The molecule has 0 heterocycles. The smallest absolute Gasteiger partial charge is 0.242 e. The number of carbonyl (C=O) groups is 2. The van der Waals surface area contributed by atoms with Crippen LogP contribution in [-0.4, -0.2) is 35.1 Å². The predicted molar refractivity (Wildman–Crippen MR) is 113 cm³/mol.